The zero-order valence-corrected chi connectivity index (χ0v) is 16.8. The van der Waals surface area contributed by atoms with Crippen LogP contribution in [0.4, 0.5) is 0 Å². The molecule has 0 radical (unpaired) electrons. The van der Waals surface area contributed by atoms with Gasteiger partial charge in [0, 0.05) is 37.9 Å². The Bertz CT molecular complexity index is 667. The smallest absolute Gasteiger partial charge is 0.225 e. The topological polar surface area (TPSA) is 55.6 Å². The molecule has 0 spiro atoms. The van der Waals surface area contributed by atoms with Gasteiger partial charge in [0.25, 0.3) is 0 Å². The number of nitrogens with two attached hydrogens (primary N) is 1. The lowest BCUT2D eigenvalue weighted by Crippen LogP contribution is -2.51. The van der Waals surface area contributed by atoms with Crippen molar-refractivity contribution in [3.05, 3.63) is 29.3 Å². The van der Waals surface area contributed by atoms with E-state index in [0.29, 0.717) is 23.8 Å². The molecule has 1 aromatic carbocycles. The van der Waals surface area contributed by atoms with E-state index in [1.807, 2.05) is 0 Å². The Labute approximate surface area is 163 Å². The van der Waals surface area contributed by atoms with Crippen LogP contribution in [-0.4, -0.2) is 36.0 Å². The molecule has 1 amide bonds. The monoisotopic (exact) mass is 370 g/mol. The van der Waals surface area contributed by atoms with E-state index in [2.05, 4.69) is 36.9 Å². The Morgan fingerprint density at radius 2 is 1.70 bits per heavy atom. The van der Waals surface area contributed by atoms with Crippen molar-refractivity contribution in [1.82, 2.24) is 4.90 Å². The minimum Gasteiger partial charge on any atom is -0.490 e. The van der Waals surface area contributed by atoms with Gasteiger partial charge >= 0.3 is 0 Å². The summed E-state index contributed by atoms with van der Waals surface area (Å²) in [4.78, 5) is 15.2. The maximum atomic E-state index is 13.1. The number of fused-ring (bicyclic) bond motifs is 2. The van der Waals surface area contributed by atoms with Crippen LogP contribution >= 0.6 is 0 Å². The molecule has 2 bridgehead atoms. The van der Waals surface area contributed by atoms with E-state index in [9.17, 15) is 4.79 Å². The number of likely N-dealkylation sites (tertiary alicyclic amines) is 1. The van der Waals surface area contributed by atoms with Crippen molar-refractivity contribution in [1.29, 1.82) is 0 Å². The fraction of sp³-hybridized carbons (Fsp3) is 0.696. The third-order valence-electron chi connectivity index (χ3n) is 7.30. The van der Waals surface area contributed by atoms with Gasteiger partial charge in [0.2, 0.25) is 5.91 Å². The average molecular weight is 371 g/mol. The van der Waals surface area contributed by atoms with Crippen molar-refractivity contribution in [3.8, 4) is 5.75 Å². The van der Waals surface area contributed by atoms with Gasteiger partial charge in [-0.3, -0.25) is 4.79 Å². The largest absolute Gasteiger partial charge is 0.490 e. The summed E-state index contributed by atoms with van der Waals surface area (Å²) >= 11 is 0. The van der Waals surface area contributed by atoms with Gasteiger partial charge < -0.3 is 15.4 Å². The lowest BCUT2D eigenvalue weighted by molar-refractivity contribution is -0.140. The highest BCUT2D eigenvalue weighted by Crippen LogP contribution is 2.42. The first-order valence-corrected chi connectivity index (χ1v) is 10.8. The van der Waals surface area contributed by atoms with Crippen molar-refractivity contribution >= 4 is 5.91 Å². The summed E-state index contributed by atoms with van der Waals surface area (Å²) in [7, 11) is 0. The molecule has 2 atom stereocenters. The lowest BCUT2D eigenvalue weighted by Gasteiger charge is -2.45. The van der Waals surface area contributed by atoms with Crippen LogP contribution in [0.25, 0.3) is 0 Å². The zero-order valence-electron chi connectivity index (χ0n) is 16.8. The number of piperidine rings is 1. The standard InChI is InChI=1S/C23H34N2O2/c1-15-6-7-21(12-16(15)2)27-20-8-10-25(11-9-20)23(26)19-13-17-4-3-5-18(14-19)22(17)24/h6-7,12,17-20,22H,3-5,8-11,13-14,24H2,1-2H3. The molecule has 3 aliphatic rings. The van der Waals surface area contributed by atoms with E-state index in [0.717, 1.165) is 44.5 Å². The first kappa shape index (κ1) is 18.8. The van der Waals surface area contributed by atoms with Crippen molar-refractivity contribution in [2.75, 3.05) is 13.1 Å². The van der Waals surface area contributed by atoms with E-state index in [4.69, 9.17) is 10.5 Å². The van der Waals surface area contributed by atoms with Crippen LogP contribution in [0.15, 0.2) is 18.2 Å². The van der Waals surface area contributed by atoms with E-state index in [1.165, 1.54) is 30.4 Å². The van der Waals surface area contributed by atoms with Gasteiger partial charge in [-0.25, -0.2) is 0 Å². The minimum absolute atomic E-state index is 0.206. The molecule has 1 saturated heterocycles. The molecule has 2 unspecified atom stereocenters. The van der Waals surface area contributed by atoms with E-state index in [1.54, 1.807) is 0 Å². The highest BCUT2D eigenvalue weighted by molar-refractivity contribution is 5.79. The molecule has 27 heavy (non-hydrogen) atoms. The molecule has 0 aromatic heterocycles. The molecule has 4 heteroatoms. The molecule has 1 heterocycles. The second-order valence-electron chi connectivity index (χ2n) is 9.09. The summed E-state index contributed by atoms with van der Waals surface area (Å²) in [5.41, 5.74) is 8.95. The quantitative estimate of drug-likeness (QED) is 0.880. The van der Waals surface area contributed by atoms with E-state index < -0.39 is 0 Å². The Morgan fingerprint density at radius 3 is 2.33 bits per heavy atom. The van der Waals surface area contributed by atoms with Gasteiger partial charge in [-0.2, -0.15) is 0 Å². The summed E-state index contributed by atoms with van der Waals surface area (Å²) in [6.45, 7) is 5.89. The molecular weight excluding hydrogens is 336 g/mol. The van der Waals surface area contributed by atoms with Crippen molar-refractivity contribution < 1.29 is 9.53 Å². The molecule has 3 fully saturated rings. The molecule has 1 aliphatic heterocycles. The predicted molar refractivity (Wildman–Crippen MR) is 108 cm³/mol. The molecular formula is C23H34N2O2. The number of rotatable bonds is 3. The fourth-order valence-electron chi connectivity index (χ4n) is 5.42. The first-order chi connectivity index (χ1) is 13.0. The molecule has 2 aliphatic carbocycles. The number of aryl methyl sites for hydroxylation is 2. The summed E-state index contributed by atoms with van der Waals surface area (Å²) in [5.74, 6) is 2.67. The van der Waals surface area contributed by atoms with Crippen LogP contribution in [0.1, 0.15) is 56.1 Å². The highest BCUT2D eigenvalue weighted by Gasteiger charge is 2.42. The van der Waals surface area contributed by atoms with E-state index >= 15 is 0 Å². The van der Waals surface area contributed by atoms with Gasteiger partial charge in [0.15, 0.2) is 0 Å². The normalized spacial score (nSPS) is 31.6. The Hall–Kier alpha value is -1.55. The second kappa shape index (κ2) is 7.83. The second-order valence-corrected chi connectivity index (χ2v) is 9.09. The third-order valence-corrected chi connectivity index (χ3v) is 7.30. The summed E-state index contributed by atoms with van der Waals surface area (Å²) in [6, 6.07) is 6.63. The van der Waals surface area contributed by atoms with Crippen LogP contribution in [-0.2, 0) is 4.79 Å². The van der Waals surface area contributed by atoms with E-state index in [-0.39, 0.29) is 12.0 Å². The number of nitrogens with zero attached hydrogens (tertiary/aromatic N) is 1. The molecule has 148 valence electrons. The zero-order chi connectivity index (χ0) is 19.0. The van der Waals surface area contributed by atoms with Gasteiger partial charge in [0.05, 0.1) is 0 Å². The molecule has 4 rings (SSSR count). The minimum atomic E-state index is 0.206. The number of carbonyl (C=O) groups excluding carboxylic acids is 1. The number of benzene rings is 1. The third kappa shape index (κ3) is 4.01. The Balaban J connectivity index is 1.30. The number of hydrogen-bond donors (Lipinski definition) is 1. The summed E-state index contributed by atoms with van der Waals surface area (Å²) < 4.78 is 6.18. The Morgan fingerprint density at radius 1 is 1.04 bits per heavy atom. The number of amides is 1. The first-order valence-electron chi connectivity index (χ1n) is 10.8. The lowest BCUT2D eigenvalue weighted by atomic mass is 9.65. The van der Waals surface area contributed by atoms with Crippen LogP contribution in [0.5, 0.6) is 5.75 Å². The van der Waals surface area contributed by atoms with Gasteiger partial charge in [-0.15, -0.1) is 0 Å². The van der Waals surface area contributed by atoms with Crippen LogP contribution in [0, 0.1) is 31.6 Å². The van der Waals surface area contributed by atoms with Crippen LogP contribution < -0.4 is 10.5 Å². The van der Waals surface area contributed by atoms with Crippen molar-refractivity contribution in [2.45, 2.75) is 70.9 Å². The van der Waals surface area contributed by atoms with Crippen LogP contribution in [0.3, 0.4) is 0 Å². The summed E-state index contributed by atoms with van der Waals surface area (Å²) in [6.07, 6.45) is 7.82. The highest BCUT2D eigenvalue weighted by atomic mass is 16.5. The molecule has 1 aromatic rings. The predicted octanol–water partition coefficient (Wildman–Crippen LogP) is 3.83. The molecule has 2 N–H and O–H groups in total. The number of carbonyl (C=O) groups is 1. The Kier molecular flexibility index (Phi) is 5.45. The number of hydrogen-bond acceptors (Lipinski definition) is 3. The van der Waals surface area contributed by atoms with Crippen LogP contribution in [0.2, 0.25) is 0 Å². The van der Waals surface area contributed by atoms with Crippen molar-refractivity contribution in [3.63, 3.8) is 0 Å². The summed E-state index contributed by atoms with van der Waals surface area (Å²) in [5, 5.41) is 0. The molecule has 2 saturated carbocycles. The fourth-order valence-corrected chi connectivity index (χ4v) is 5.42. The molecule has 4 nitrogen and oxygen atoms in total. The maximum Gasteiger partial charge on any atom is 0.225 e. The van der Waals surface area contributed by atoms with Crippen molar-refractivity contribution in [2.24, 2.45) is 23.5 Å². The van der Waals surface area contributed by atoms with Gasteiger partial charge in [-0.05, 0) is 74.6 Å². The van der Waals surface area contributed by atoms with Gasteiger partial charge in [0.1, 0.15) is 11.9 Å². The number of ether oxygens (including phenoxy) is 1. The van der Waals surface area contributed by atoms with Gasteiger partial charge in [-0.1, -0.05) is 12.5 Å². The maximum absolute atomic E-state index is 13.1. The SMILES string of the molecule is Cc1ccc(OC2CCN(C(=O)C3CC4CCCC(C3)C4N)CC2)cc1C. The average Bonchev–Trinajstić information content (AvgIpc) is 2.65.